The molecule has 168 valence electrons. The second-order valence-electron chi connectivity index (χ2n) is 8.21. The van der Waals surface area contributed by atoms with Crippen LogP contribution >= 0.6 is 0 Å². The van der Waals surface area contributed by atoms with Crippen molar-refractivity contribution in [3.8, 4) is 11.5 Å². The summed E-state index contributed by atoms with van der Waals surface area (Å²) in [6, 6.07) is 9.64. The molecule has 2 aromatic carbocycles. The standard InChI is InChI=1S/C23H26F3NO4/c1-27(2)14-15-8-6-7-13-22(15,30)19-18(23(24,25)26)12-11-17(20(19)28)21(29)31-16-9-4-3-5-10-16/h3-5,9-12,15,28,30H,6-8,13-14H2,1-2H3/t15-,22-/m1/s1. The Morgan fingerprint density at radius 2 is 1.84 bits per heavy atom. The summed E-state index contributed by atoms with van der Waals surface area (Å²) in [5, 5.41) is 22.4. The first-order valence-electron chi connectivity index (χ1n) is 10.1. The minimum absolute atomic E-state index is 0.0549. The molecule has 1 fully saturated rings. The Morgan fingerprint density at radius 3 is 2.45 bits per heavy atom. The maximum atomic E-state index is 13.9. The maximum absolute atomic E-state index is 13.9. The Morgan fingerprint density at radius 1 is 1.16 bits per heavy atom. The molecular weight excluding hydrogens is 411 g/mol. The van der Waals surface area contributed by atoms with Gasteiger partial charge in [0.25, 0.3) is 0 Å². The molecule has 2 atom stereocenters. The molecule has 0 unspecified atom stereocenters. The van der Waals surface area contributed by atoms with E-state index >= 15 is 0 Å². The van der Waals surface area contributed by atoms with Crippen LogP contribution in [-0.4, -0.2) is 41.7 Å². The topological polar surface area (TPSA) is 70.0 Å². The Bertz CT molecular complexity index is 930. The van der Waals surface area contributed by atoms with Crippen molar-refractivity contribution in [2.24, 2.45) is 5.92 Å². The highest BCUT2D eigenvalue weighted by atomic mass is 19.4. The summed E-state index contributed by atoms with van der Waals surface area (Å²) in [5.41, 5.74) is -4.14. The lowest BCUT2D eigenvalue weighted by molar-refractivity contribution is -0.144. The number of nitrogens with zero attached hydrogens (tertiary/aromatic N) is 1. The number of rotatable bonds is 5. The van der Waals surface area contributed by atoms with E-state index in [2.05, 4.69) is 0 Å². The van der Waals surface area contributed by atoms with Crippen molar-refractivity contribution in [2.45, 2.75) is 37.5 Å². The molecule has 3 rings (SSSR count). The molecular formula is C23H26F3NO4. The largest absolute Gasteiger partial charge is 0.507 e. The number of para-hydroxylation sites is 1. The third-order valence-corrected chi connectivity index (χ3v) is 5.71. The SMILES string of the molecule is CN(C)C[C@H]1CCCC[C@]1(O)c1c(C(F)(F)F)ccc(C(=O)Oc2ccccc2)c1O. The number of hydrogen-bond donors (Lipinski definition) is 2. The molecule has 1 saturated carbocycles. The van der Waals surface area contributed by atoms with Gasteiger partial charge >= 0.3 is 12.1 Å². The summed E-state index contributed by atoms with van der Waals surface area (Å²) in [5.74, 6) is -2.23. The number of carbonyl (C=O) groups excluding carboxylic acids is 1. The molecule has 1 aliphatic rings. The van der Waals surface area contributed by atoms with E-state index < -0.39 is 46.1 Å². The van der Waals surface area contributed by atoms with Crippen LogP contribution in [0.15, 0.2) is 42.5 Å². The average Bonchev–Trinajstić information content (AvgIpc) is 2.69. The van der Waals surface area contributed by atoms with Crippen molar-refractivity contribution in [1.82, 2.24) is 4.90 Å². The van der Waals surface area contributed by atoms with Crippen molar-refractivity contribution in [1.29, 1.82) is 0 Å². The minimum atomic E-state index is -4.81. The van der Waals surface area contributed by atoms with Crippen LogP contribution in [0.4, 0.5) is 13.2 Å². The first-order chi connectivity index (χ1) is 14.5. The van der Waals surface area contributed by atoms with Crippen molar-refractivity contribution in [3.05, 3.63) is 59.2 Å². The van der Waals surface area contributed by atoms with E-state index in [1.807, 2.05) is 0 Å². The number of aromatic hydroxyl groups is 1. The number of carbonyl (C=O) groups is 1. The van der Waals surface area contributed by atoms with Crippen LogP contribution in [0.5, 0.6) is 11.5 Å². The molecule has 0 aromatic heterocycles. The molecule has 0 aliphatic heterocycles. The number of esters is 1. The molecule has 31 heavy (non-hydrogen) atoms. The van der Waals surface area contributed by atoms with Gasteiger partial charge in [0, 0.05) is 18.0 Å². The smallest absolute Gasteiger partial charge is 0.416 e. The summed E-state index contributed by atoms with van der Waals surface area (Å²) >= 11 is 0. The molecule has 0 spiro atoms. The summed E-state index contributed by atoms with van der Waals surface area (Å²) in [4.78, 5) is 14.4. The minimum Gasteiger partial charge on any atom is -0.507 e. The molecule has 2 aromatic rings. The van der Waals surface area contributed by atoms with Crippen LogP contribution in [0.1, 0.15) is 47.2 Å². The molecule has 0 radical (unpaired) electrons. The van der Waals surface area contributed by atoms with Gasteiger partial charge in [-0.15, -0.1) is 0 Å². The Labute approximate surface area is 179 Å². The predicted octanol–water partition coefficient (Wildman–Crippen LogP) is 4.57. The third kappa shape index (κ3) is 4.85. The average molecular weight is 437 g/mol. The lowest BCUT2D eigenvalue weighted by atomic mass is 9.69. The van der Waals surface area contributed by atoms with E-state index in [0.29, 0.717) is 19.4 Å². The van der Waals surface area contributed by atoms with Crippen molar-refractivity contribution in [3.63, 3.8) is 0 Å². The Balaban J connectivity index is 2.12. The number of aliphatic hydroxyl groups is 1. The molecule has 0 amide bonds. The van der Waals surface area contributed by atoms with E-state index in [9.17, 15) is 28.2 Å². The van der Waals surface area contributed by atoms with Crippen LogP contribution in [0.2, 0.25) is 0 Å². The number of halogens is 3. The molecule has 0 heterocycles. The van der Waals surface area contributed by atoms with Gasteiger partial charge in [0.2, 0.25) is 0 Å². The van der Waals surface area contributed by atoms with Gasteiger partial charge in [-0.25, -0.2) is 4.79 Å². The van der Waals surface area contributed by atoms with Crippen molar-refractivity contribution < 1.29 is 32.9 Å². The molecule has 8 heteroatoms. The van der Waals surface area contributed by atoms with Crippen LogP contribution < -0.4 is 4.74 Å². The first-order valence-corrected chi connectivity index (χ1v) is 10.1. The fraction of sp³-hybridized carbons (Fsp3) is 0.435. The van der Waals surface area contributed by atoms with Crippen molar-refractivity contribution >= 4 is 5.97 Å². The quantitative estimate of drug-likeness (QED) is 0.530. The highest BCUT2D eigenvalue weighted by molar-refractivity contribution is 5.94. The van der Waals surface area contributed by atoms with E-state index in [1.54, 1.807) is 37.2 Å². The molecule has 0 bridgehead atoms. The van der Waals surface area contributed by atoms with Gasteiger partial charge in [0.1, 0.15) is 17.1 Å². The monoisotopic (exact) mass is 437 g/mol. The number of phenols is 1. The van der Waals surface area contributed by atoms with Gasteiger partial charge in [-0.1, -0.05) is 31.0 Å². The normalized spacial score (nSPS) is 21.8. The van der Waals surface area contributed by atoms with Crippen LogP contribution in [0.25, 0.3) is 0 Å². The summed E-state index contributed by atoms with van der Waals surface area (Å²) in [6.07, 6.45) is -2.98. The molecule has 5 nitrogen and oxygen atoms in total. The van der Waals surface area contributed by atoms with Gasteiger partial charge < -0.3 is 19.8 Å². The second kappa shape index (κ2) is 8.88. The van der Waals surface area contributed by atoms with Gasteiger partial charge in [-0.05, 0) is 51.2 Å². The third-order valence-electron chi connectivity index (χ3n) is 5.71. The lowest BCUT2D eigenvalue weighted by Gasteiger charge is -2.43. The van der Waals surface area contributed by atoms with Crippen LogP contribution in [0.3, 0.4) is 0 Å². The highest BCUT2D eigenvalue weighted by Gasteiger charge is 2.49. The van der Waals surface area contributed by atoms with Crippen LogP contribution in [-0.2, 0) is 11.8 Å². The zero-order chi connectivity index (χ0) is 22.8. The number of hydrogen-bond acceptors (Lipinski definition) is 5. The summed E-state index contributed by atoms with van der Waals surface area (Å²) < 4.78 is 46.8. The molecule has 2 N–H and O–H groups in total. The van der Waals surface area contributed by atoms with Gasteiger partial charge in [-0.2, -0.15) is 13.2 Å². The zero-order valence-electron chi connectivity index (χ0n) is 17.4. The van der Waals surface area contributed by atoms with E-state index in [-0.39, 0.29) is 12.2 Å². The Hall–Kier alpha value is -2.58. The van der Waals surface area contributed by atoms with E-state index in [1.165, 1.54) is 12.1 Å². The predicted molar refractivity (Wildman–Crippen MR) is 109 cm³/mol. The number of ether oxygens (including phenoxy) is 1. The zero-order valence-corrected chi connectivity index (χ0v) is 17.4. The van der Waals surface area contributed by atoms with Crippen molar-refractivity contribution in [2.75, 3.05) is 20.6 Å². The molecule has 0 saturated heterocycles. The summed E-state index contributed by atoms with van der Waals surface area (Å²) in [7, 11) is 3.54. The van der Waals surface area contributed by atoms with E-state index in [0.717, 1.165) is 18.6 Å². The molecule has 1 aliphatic carbocycles. The van der Waals surface area contributed by atoms with E-state index in [4.69, 9.17) is 4.74 Å². The second-order valence-corrected chi connectivity index (χ2v) is 8.21. The van der Waals surface area contributed by atoms with Gasteiger partial charge in [-0.3, -0.25) is 0 Å². The fourth-order valence-electron chi connectivity index (χ4n) is 4.32. The number of phenolic OH excluding ortho intramolecular Hbond substituents is 1. The Kier molecular flexibility index (Phi) is 6.62. The number of alkyl halides is 3. The summed E-state index contributed by atoms with van der Waals surface area (Å²) in [6.45, 7) is 0.339. The van der Waals surface area contributed by atoms with Crippen LogP contribution in [0, 0.1) is 5.92 Å². The lowest BCUT2D eigenvalue weighted by Crippen LogP contribution is -2.44. The highest BCUT2D eigenvalue weighted by Crippen LogP contribution is 2.50. The van der Waals surface area contributed by atoms with Gasteiger partial charge in [0.15, 0.2) is 0 Å². The fourth-order valence-corrected chi connectivity index (χ4v) is 4.32. The van der Waals surface area contributed by atoms with Gasteiger partial charge in [0.05, 0.1) is 11.2 Å². The number of benzene rings is 2. The maximum Gasteiger partial charge on any atom is 0.416 e. The first kappa shape index (κ1) is 23.1.